The van der Waals surface area contributed by atoms with Gasteiger partial charge < -0.3 is 0 Å². The first kappa shape index (κ1) is 13.1. The van der Waals surface area contributed by atoms with Gasteiger partial charge in [-0.25, -0.2) is 8.42 Å². The lowest BCUT2D eigenvalue weighted by Gasteiger charge is -2.09. The Bertz CT molecular complexity index is 886. The largest absolute Gasteiger partial charge is 0.261 e. The fraction of sp³-hybridized carbons (Fsp3) is 0. The van der Waals surface area contributed by atoms with Crippen molar-refractivity contribution in [2.24, 2.45) is 0 Å². The summed E-state index contributed by atoms with van der Waals surface area (Å²) in [6, 6.07) is 16.1. The van der Waals surface area contributed by atoms with Crippen LogP contribution in [0, 0.1) is 0 Å². The zero-order valence-electron chi connectivity index (χ0n) is 10.3. The minimum atomic E-state index is -3.81. The molecule has 0 aliphatic heterocycles. The van der Waals surface area contributed by atoms with Gasteiger partial charge in [0.1, 0.15) is 0 Å². The van der Waals surface area contributed by atoms with Gasteiger partial charge in [0.15, 0.2) is 0 Å². The third-order valence-corrected chi connectivity index (χ3v) is 4.45. The number of benzene rings is 2. The fourth-order valence-electron chi connectivity index (χ4n) is 2.22. The molecule has 0 radical (unpaired) electrons. The Labute approximate surface area is 121 Å². The SMILES string of the molecule is O=S(=O)(Cl)c1ccccc1-c1cccc2cccnc12. The molecule has 5 heteroatoms. The van der Waals surface area contributed by atoms with Crippen LogP contribution in [0.5, 0.6) is 0 Å². The Morgan fingerprint density at radius 3 is 2.35 bits per heavy atom. The summed E-state index contributed by atoms with van der Waals surface area (Å²) >= 11 is 0. The number of nitrogens with zero attached hydrogens (tertiary/aromatic N) is 1. The van der Waals surface area contributed by atoms with Crippen molar-refractivity contribution < 1.29 is 8.42 Å². The monoisotopic (exact) mass is 303 g/mol. The summed E-state index contributed by atoms with van der Waals surface area (Å²) < 4.78 is 23.4. The molecule has 0 saturated heterocycles. The second-order valence-corrected chi connectivity index (χ2v) is 6.85. The normalized spacial score (nSPS) is 11.7. The van der Waals surface area contributed by atoms with E-state index in [1.165, 1.54) is 6.07 Å². The number of halogens is 1. The Morgan fingerprint density at radius 1 is 0.850 bits per heavy atom. The standard InChI is InChI=1S/C15H10ClNO2S/c16-20(18,19)14-9-2-1-7-12(14)13-8-3-5-11-6-4-10-17-15(11)13/h1-10H. The van der Waals surface area contributed by atoms with Crippen LogP contribution < -0.4 is 0 Å². The number of fused-ring (bicyclic) bond motifs is 1. The summed E-state index contributed by atoms with van der Waals surface area (Å²) in [4.78, 5) is 4.44. The molecule has 0 N–H and O–H groups in total. The summed E-state index contributed by atoms with van der Waals surface area (Å²) in [6.07, 6.45) is 1.68. The van der Waals surface area contributed by atoms with Gasteiger partial charge in [0.05, 0.1) is 10.4 Å². The maximum atomic E-state index is 11.7. The van der Waals surface area contributed by atoms with E-state index in [0.717, 1.165) is 16.5 Å². The van der Waals surface area contributed by atoms with Gasteiger partial charge in [0.2, 0.25) is 0 Å². The Balaban J connectivity index is 2.38. The number of rotatable bonds is 2. The molecule has 0 saturated carbocycles. The van der Waals surface area contributed by atoms with Crippen LogP contribution in [0.2, 0.25) is 0 Å². The number of hydrogen-bond acceptors (Lipinski definition) is 3. The van der Waals surface area contributed by atoms with Crippen LogP contribution in [0.3, 0.4) is 0 Å². The molecular weight excluding hydrogens is 294 g/mol. The van der Waals surface area contributed by atoms with Gasteiger partial charge in [0.25, 0.3) is 9.05 Å². The molecular formula is C15H10ClNO2S. The van der Waals surface area contributed by atoms with E-state index in [1.807, 2.05) is 30.3 Å². The maximum absolute atomic E-state index is 11.7. The van der Waals surface area contributed by atoms with Gasteiger partial charge in [-0.05, 0) is 12.1 Å². The predicted molar refractivity (Wildman–Crippen MR) is 80.2 cm³/mol. The first-order valence-corrected chi connectivity index (χ1v) is 8.26. The van der Waals surface area contributed by atoms with Crippen molar-refractivity contribution in [2.75, 3.05) is 0 Å². The number of hydrogen-bond donors (Lipinski definition) is 0. The lowest BCUT2D eigenvalue weighted by Crippen LogP contribution is -1.95. The number of para-hydroxylation sites is 1. The average molecular weight is 304 g/mol. The van der Waals surface area contributed by atoms with Gasteiger partial charge in [-0.15, -0.1) is 0 Å². The van der Waals surface area contributed by atoms with E-state index in [0.29, 0.717) is 5.56 Å². The molecule has 20 heavy (non-hydrogen) atoms. The summed E-state index contributed by atoms with van der Waals surface area (Å²) in [5.41, 5.74) is 2.07. The first-order chi connectivity index (χ1) is 9.57. The highest BCUT2D eigenvalue weighted by molar-refractivity contribution is 8.13. The van der Waals surface area contributed by atoms with Crippen molar-refractivity contribution in [3.8, 4) is 11.1 Å². The molecule has 0 bridgehead atoms. The van der Waals surface area contributed by atoms with Crippen molar-refractivity contribution in [2.45, 2.75) is 4.90 Å². The van der Waals surface area contributed by atoms with Gasteiger partial charge in [-0.3, -0.25) is 4.98 Å². The van der Waals surface area contributed by atoms with Gasteiger partial charge in [-0.2, -0.15) is 0 Å². The quantitative estimate of drug-likeness (QED) is 0.676. The smallest absolute Gasteiger partial charge is 0.256 e. The molecule has 1 heterocycles. The van der Waals surface area contributed by atoms with E-state index >= 15 is 0 Å². The topological polar surface area (TPSA) is 47.0 Å². The molecule has 0 atom stereocenters. The van der Waals surface area contributed by atoms with Crippen LogP contribution >= 0.6 is 10.7 Å². The molecule has 0 fully saturated rings. The average Bonchev–Trinajstić information content (AvgIpc) is 2.46. The maximum Gasteiger partial charge on any atom is 0.261 e. The van der Waals surface area contributed by atoms with E-state index < -0.39 is 9.05 Å². The van der Waals surface area contributed by atoms with E-state index in [9.17, 15) is 8.42 Å². The van der Waals surface area contributed by atoms with Crippen molar-refractivity contribution in [3.63, 3.8) is 0 Å². The molecule has 0 unspecified atom stereocenters. The summed E-state index contributed by atoms with van der Waals surface area (Å²) in [7, 11) is 1.71. The molecule has 0 aliphatic rings. The Hall–Kier alpha value is -1.91. The summed E-state index contributed by atoms with van der Waals surface area (Å²) in [5.74, 6) is 0. The third-order valence-electron chi connectivity index (χ3n) is 3.07. The van der Waals surface area contributed by atoms with Crippen molar-refractivity contribution in [3.05, 3.63) is 60.8 Å². The predicted octanol–water partition coefficient (Wildman–Crippen LogP) is 3.83. The zero-order valence-corrected chi connectivity index (χ0v) is 11.9. The minimum absolute atomic E-state index is 0.0971. The van der Waals surface area contributed by atoms with Gasteiger partial charge in [-0.1, -0.05) is 42.5 Å². The molecule has 3 rings (SSSR count). The summed E-state index contributed by atoms with van der Waals surface area (Å²) in [5, 5.41) is 0.951. The lowest BCUT2D eigenvalue weighted by atomic mass is 10.0. The first-order valence-electron chi connectivity index (χ1n) is 5.95. The highest BCUT2D eigenvalue weighted by Gasteiger charge is 2.17. The molecule has 0 spiro atoms. The molecule has 0 amide bonds. The van der Waals surface area contributed by atoms with Crippen molar-refractivity contribution in [1.29, 1.82) is 0 Å². The molecule has 0 aliphatic carbocycles. The number of pyridine rings is 1. The van der Waals surface area contributed by atoms with E-state index in [1.54, 1.807) is 24.4 Å². The van der Waals surface area contributed by atoms with E-state index in [4.69, 9.17) is 10.7 Å². The van der Waals surface area contributed by atoms with Crippen molar-refractivity contribution in [1.82, 2.24) is 4.98 Å². The van der Waals surface area contributed by atoms with E-state index in [-0.39, 0.29) is 4.90 Å². The van der Waals surface area contributed by atoms with Crippen molar-refractivity contribution >= 4 is 30.6 Å². The second kappa shape index (κ2) is 4.89. The second-order valence-electron chi connectivity index (χ2n) is 4.31. The van der Waals surface area contributed by atoms with Crippen LogP contribution in [0.15, 0.2) is 65.7 Å². The van der Waals surface area contributed by atoms with Crippen LogP contribution in [-0.2, 0) is 9.05 Å². The Morgan fingerprint density at radius 2 is 1.55 bits per heavy atom. The highest BCUT2D eigenvalue weighted by Crippen LogP contribution is 2.33. The molecule has 3 aromatic rings. The van der Waals surface area contributed by atoms with Crippen LogP contribution in [0.25, 0.3) is 22.0 Å². The number of aromatic nitrogens is 1. The summed E-state index contributed by atoms with van der Waals surface area (Å²) in [6.45, 7) is 0. The molecule has 1 aromatic heterocycles. The third kappa shape index (κ3) is 2.28. The lowest BCUT2D eigenvalue weighted by molar-refractivity contribution is 0.610. The van der Waals surface area contributed by atoms with Crippen LogP contribution in [-0.4, -0.2) is 13.4 Å². The molecule has 2 aromatic carbocycles. The molecule has 3 nitrogen and oxygen atoms in total. The van der Waals surface area contributed by atoms with Gasteiger partial charge in [0, 0.05) is 33.4 Å². The minimum Gasteiger partial charge on any atom is -0.256 e. The highest BCUT2D eigenvalue weighted by atomic mass is 35.7. The van der Waals surface area contributed by atoms with Gasteiger partial charge >= 0.3 is 0 Å². The van der Waals surface area contributed by atoms with Crippen LogP contribution in [0.1, 0.15) is 0 Å². The molecule has 100 valence electrons. The van der Waals surface area contributed by atoms with E-state index in [2.05, 4.69) is 4.98 Å². The fourth-order valence-corrected chi connectivity index (χ4v) is 3.31. The Kier molecular flexibility index (Phi) is 3.20. The zero-order chi connectivity index (χ0) is 14.2. The van der Waals surface area contributed by atoms with Crippen LogP contribution in [0.4, 0.5) is 0 Å².